The number of likely N-dealkylation sites (tertiary alicyclic amines) is 1. The Hall–Kier alpha value is -3.02. The predicted octanol–water partition coefficient (Wildman–Crippen LogP) is 4.36. The highest BCUT2D eigenvalue weighted by Gasteiger charge is 2.52. The summed E-state index contributed by atoms with van der Waals surface area (Å²) in [6.07, 6.45) is 3.19. The van der Waals surface area contributed by atoms with Crippen LogP contribution in [0.4, 0.5) is 8.78 Å². The summed E-state index contributed by atoms with van der Waals surface area (Å²) in [5.74, 6) is 0.329. The van der Waals surface area contributed by atoms with Gasteiger partial charge in [-0.25, -0.2) is 4.79 Å². The monoisotopic (exact) mass is 473 g/mol. The molecule has 2 unspecified atom stereocenters. The maximum Gasteiger partial charge on any atom is 0.345 e. The number of carboxylic acids is 1. The van der Waals surface area contributed by atoms with Gasteiger partial charge in [0.05, 0.1) is 12.1 Å². The third kappa shape index (κ3) is 6.98. The number of thiophene rings is 1. The van der Waals surface area contributed by atoms with Crippen LogP contribution < -0.4 is 0 Å². The van der Waals surface area contributed by atoms with Crippen LogP contribution >= 0.6 is 11.3 Å². The smallest absolute Gasteiger partial charge is 0.345 e. The molecule has 2 atom stereocenters. The van der Waals surface area contributed by atoms with Gasteiger partial charge in [-0.05, 0) is 43.5 Å². The molecular weight excluding hydrogens is 448 g/mol. The Labute approximate surface area is 195 Å². The second-order valence-electron chi connectivity index (χ2n) is 7.81. The van der Waals surface area contributed by atoms with Crippen LogP contribution in [0, 0.1) is 11.8 Å². The molecule has 1 aliphatic rings. The molecule has 0 saturated carbocycles. The van der Waals surface area contributed by atoms with E-state index in [1.54, 1.807) is 6.07 Å². The average Bonchev–Trinajstić information content (AvgIpc) is 3.34. The first-order valence-corrected chi connectivity index (χ1v) is 11.5. The first-order chi connectivity index (χ1) is 15.8. The summed E-state index contributed by atoms with van der Waals surface area (Å²) in [5.41, 5.74) is 0.881. The summed E-state index contributed by atoms with van der Waals surface area (Å²) in [6.45, 7) is 0.127. The molecule has 2 N–H and O–H groups in total. The molecule has 2 aromatic rings. The molecule has 0 spiro atoms. The Morgan fingerprint density at radius 1 is 1.27 bits per heavy atom. The number of alkyl halides is 2. The van der Waals surface area contributed by atoms with Gasteiger partial charge in [0.2, 0.25) is 0 Å². The normalized spacial score (nSPS) is 18.3. The van der Waals surface area contributed by atoms with E-state index in [2.05, 4.69) is 11.8 Å². The third-order valence-electron chi connectivity index (χ3n) is 5.26. The lowest BCUT2D eigenvalue weighted by atomic mass is 10.1. The lowest BCUT2D eigenvalue weighted by molar-refractivity contribution is -0.148. The molecule has 1 fully saturated rings. The van der Waals surface area contributed by atoms with E-state index in [0.717, 1.165) is 26.7 Å². The molecule has 5 nitrogen and oxygen atoms in total. The highest BCUT2D eigenvalue weighted by Crippen LogP contribution is 2.34. The van der Waals surface area contributed by atoms with Crippen molar-refractivity contribution in [2.24, 2.45) is 0 Å². The molecule has 1 aromatic carbocycles. The highest BCUT2D eigenvalue weighted by molar-refractivity contribution is 7.13. The Morgan fingerprint density at radius 3 is 2.73 bits per heavy atom. The van der Waals surface area contributed by atoms with Crippen molar-refractivity contribution in [1.82, 2.24) is 4.90 Å². The van der Waals surface area contributed by atoms with Crippen LogP contribution in [0.1, 0.15) is 45.8 Å². The van der Waals surface area contributed by atoms with Gasteiger partial charge < -0.3 is 15.1 Å². The van der Waals surface area contributed by atoms with Crippen LogP contribution in [0.2, 0.25) is 0 Å². The van der Waals surface area contributed by atoms with Crippen molar-refractivity contribution in [2.45, 2.75) is 50.2 Å². The minimum Gasteiger partial charge on any atom is -0.477 e. The van der Waals surface area contributed by atoms with Gasteiger partial charge in [-0.15, -0.1) is 11.3 Å². The fourth-order valence-corrected chi connectivity index (χ4v) is 4.46. The van der Waals surface area contributed by atoms with E-state index < -0.39 is 36.4 Å². The minimum atomic E-state index is -3.43. The summed E-state index contributed by atoms with van der Waals surface area (Å²) in [4.78, 5) is 25.3. The van der Waals surface area contributed by atoms with Gasteiger partial charge in [0, 0.05) is 29.8 Å². The number of hydrogen-bond donors (Lipinski definition) is 2. The number of hydrogen-bond acceptors (Lipinski definition) is 4. The molecule has 1 amide bonds. The van der Waals surface area contributed by atoms with Crippen molar-refractivity contribution in [3.63, 3.8) is 0 Å². The first-order valence-electron chi connectivity index (χ1n) is 10.7. The summed E-state index contributed by atoms with van der Waals surface area (Å²) >= 11 is 1.14. The SMILES string of the molecule is O=C(O)c1ccc(CCCN2C(=O)C(F)(F)CC2/C=C/C(O)CCC#Cc2ccccc2)s1. The molecule has 0 radical (unpaired) electrons. The van der Waals surface area contributed by atoms with Gasteiger partial charge in [-0.2, -0.15) is 8.78 Å². The molecule has 8 heteroatoms. The zero-order valence-electron chi connectivity index (χ0n) is 17.9. The standard InChI is InChI=1S/C25H25F2NO4S/c26-25(27)17-19(12-13-20(29)10-5-4-9-18-7-2-1-3-8-18)28(24(25)32)16-6-11-21-14-15-22(33-21)23(30)31/h1-3,7-8,12-15,19-20,29H,5-6,10-11,16-17H2,(H,30,31)/b13-12+. The summed E-state index contributed by atoms with van der Waals surface area (Å²) < 4.78 is 28.1. The zero-order chi connectivity index (χ0) is 23.8. The van der Waals surface area contributed by atoms with Gasteiger partial charge in [-0.1, -0.05) is 42.2 Å². The Kier molecular flexibility index (Phi) is 8.37. The average molecular weight is 474 g/mol. The quantitative estimate of drug-likeness (QED) is 0.419. The molecular formula is C25H25F2NO4S. The lowest BCUT2D eigenvalue weighted by Gasteiger charge is -2.21. The predicted molar refractivity (Wildman–Crippen MR) is 122 cm³/mol. The highest BCUT2D eigenvalue weighted by atomic mass is 32.1. The van der Waals surface area contributed by atoms with E-state index in [0.29, 0.717) is 25.7 Å². The van der Waals surface area contributed by atoms with Crippen molar-refractivity contribution in [3.8, 4) is 11.8 Å². The number of carbonyl (C=O) groups excluding carboxylic acids is 1. The van der Waals surface area contributed by atoms with Crippen LogP contribution in [-0.2, 0) is 11.2 Å². The second-order valence-corrected chi connectivity index (χ2v) is 8.98. The van der Waals surface area contributed by atoms with Crippen LogP contribution in [-0.4, -0.2) is 51.6 Å². The van der Waals surface area contributed by atoms with E-state index >= 15 is 0 Å². The van der Waals surface area contributed by atoms with Crippen LogP contribution in [0.25, 0.3) is 0 Å². The van der Waals surface area contributed by atoms with E-state index in [9.17, 15) is 23.5 Å². The van der Waals surface area contributed by atoms with Crippen molar-refractivity contribution in [2.75, 3.05) is 6.54 Å². The van der Waals surface area contributed by atoms with Crippen molar-refractivity contribution in [1.29, 1.82) is 0 Å². The number of aliphatic hydroxyl groups is 1. The van der Waals surface area contributed by atoms with Crippen molar-refractivity contribution >= 4 is 23.2 Å². The van der Waals surface area contributed by atoms with Crippen LogP contribution in [0.15, 0.2) is 54.6 Å². The zero-order valence-corrected chi connectivity index (χ0v) is 18.7. The number of aliphatic hydroxyl groups excluding tert-OH is 1. The first kappa shape index (κ1) is 24.6. The van der Waals surface area contributed by atoms with Crippen LogP contribution in [0.3, 0.4) is 0 Å². The summed E-state index contributed by atoms with van der Waals surface area (Å²) in [7, 11) is 0. The minimum absolute atomic E-state index is 0.127. The number of carboxylic acid groups (broad SMARTS) is 1. The van der Waals surface area contributed by atoms with Crippen molar-refractivity contribution in [3.05, 3.63) is 69.9 Å². The van der Waals surface area contributed by atoms with E-state index in [-0.39, 0.29) is 11.4 Å². The molecule has 1 aliphatic heterocycles. The number of amides is 1. The topological polar surface area (TPSA) is 77.8 Å². The fraction of sp³-hybridized carbons (Fsp3) is 0.360. The van der Waals surface area contributed by atoms with Gasteiger partial charge >= 0.3 is 11.9 Å². The van der Waals surface area contributed by atoms with E-state index in [1.165, 1.54) is 18.2 Å². The third-order valence-corrected chi connectivity index (χ3v) is 6.39. The summed E-state index contributed by atoms with van der Waals surface area (Å²) in [6, 6.07) is 11.9. The molecule has 33 heavy (non-hydrogen) atoms. The summed E-state index contributed by atoms with van der Waals surface area (Å²) in [5, 5.41) is 19.2. The largest absolute Gasteiger partial charge is 0.477 e. The van der Waals surface area contributed by atoms with Gasteiger partial charge in [0.25, 0.3) is 5.91 Å². The molecule has 2 heterocycles. The molecule has 0 bridgehead atoms. The number of rotatable bonds is 9. The fourth-order valence-electron chi connectivity index (χ4n) is 3.57. The number of benzene rings is 1. The van der Waals surface area contributed by atoms with Crippen molar-refractivity contribution < 1.29 is 28.6 Å². The van der Waals surface area contributed by atoms with Gasteiger partial charge in [0.1, 0.15) is 4.88 Å². The number of carbonyl (C=O) groups is 2. The van der Waals surface area contributed by atoms with E-state index in [1.807, 2.05) is 30.3 Å². The molecule has 0 aliphatic carbocycles. The number of nitrogens with zero attached hydrogens (tertiary/aromatic N) is 1. The molecule has 3 rings (SSSR count). The Bertz CT molecular complexity index is 1060. The van der Waals surface area contributed by atoms with Gasteiger partial charge in [-0.3, -0.25) is 4.79 Å². The number of halogens is 2. The van der Waals surface area contributed by atoms with Gasteiger partial charge in [0.15, 0.2) is 0 Å². The Morgan fingerprint density at radius 2 is 2.03 bits per heavy atom. The molecule has 1 saturated heterocycles. The molecule has 1 aromatic heterocycles. The number of aryl methyl sites for hydroxylation is 1. The second kappa shape index (κ2) is 11.2. The lowest BCUT2D eigenvalue weighted by Crippen LogP contribution is -2.36. The number of aromatic carboxylic acids is 1. The Balaban J connectivity index is 1.52. The maximum atomic E-state index is 14.0. The maximum absolute atomic E-state index is 14.0. The molecule has 174 valence electrons. The van der Waals surface area contributed by atoms with E-state index in [4.69, 9.17) is 5.11 Å². The van der Waals surface area contributed by atoms with Crippen LogP contribution in [0.5, 0.6) is 0 Å².